The molecule has 8 heteroatoms. The number of benzene rings is 3. The number of carbonyl (C=O) groups excluding carboxylic acids is 2. The van der Waals surface area contributed by atoms with Crippen LogP contribution in [0.3, 0.4) is 0 Å². The third-order valence-corrected chi connectivity index (χ3v) is 4.84. The number of hydrogen-bond acceptors (Lipinski definition) is 6. The number of carbonyl (C=O) groups is 2. The van der Waals surface area contributed by atoms with Gasteiger partial charge in [-0.25, -0.2) is 0 Å². The Kier molecular flexibility index (Phi) is 4.93. The van der Waals surface area contributed by atoms with Gasteiger partial charge in [0.1, 0.15) is 0 Å². The molecule has 0 unspecified atom stereocenters. The van der Waals surface area contributed by atoms with Crippen molar-refractivity contribution >= 4 is 45.3 Å². The molecule has 0 aliphatic carbocycles. The van der Waals surface area contributed by atoms with Crippen molar-refractivity contribution < 1.29 is 9.59 Å². The summed E-state index contributed by atoms with van der Waals surface area (Å²) in [5.74, 6) is -0.660. The van der Waals surface area contributed by atoms with Gasteiger partial charge in [0.2, 0.25) is 0 Å². The summed E-state index contributed by atoms with van der Waals surface area (Å²) in [5.41, 5.74) is 4.75. The lowest BCUT2D eigenvalue weighted by molar-refractivity contribution is 0.102. The summed E-state index contributed by atoms with van der Waals surface area (Å²) in [7, 11) is 0. The summed E-state index contributed by atoms with van der Waals surface area (Å²) in [6.45, 7) is 0. The largest absolute Gasteiger partial charge is 0.322 e. The third kappa shape index (κ3) is 3.97. The van der Waals surface area contributed by atoms with Crippen LogP contribution in [-0.4, -0.2) is 31.8 Å². The lowest BCUT2D eigenvalue weighted by Gasteiger charge is -2.09. The van der Waals surface area contributed by atoms with Crippen LogP contribution in [0, 0.1) is 0 Å². The summed E-state index contributed by atoms with van der Waals surface area (Å²) in [6, 6.07) is 17.1. The van der Waals surface area contributed by atoms with E-state index in [0.29, 0.717) is 33.5 Å². The fourth-order valence-corrected chi connectivity index (χ4v) is 3.29. The van der Waals surface area contributed by atoms with Crippen molar-refractivity contribution in [3.05, 3.63) is 96.6 Å². The van der Waals surface area contributed by atoms with Gasteiger partial charge >= 0.3 is 0 Å². The number of anilines is 2. The standard InChI is InChI=1S/C24H16N6O2/c31-23(29-17-4-6-19-21(13-17)27-10-8-25-19)15-2-1-3-16(12-15)24(32)30-18-5-7-20-22(14-18)28-11-9-26-20/h1-14H,(H,29,31)(H,30,32). The molecule has 32 heavy (non-hydrogen) atoms. The van der Waals surface area contributed by atoms with Crippen LogP contribution in [-0.2, 0) is 0 Å². The predicted octanol–water partition coefficient (Wildman–Crippen LogP) is 4.08. The summed E-state index contributed by atoms with van der Waals surface area (Å²) >= 11 is 0. The molecule has 2 N–H and O–H groups in total. The topological polar surface area (TPSA) is 110 Å². The van der Waals surface area contributed by atoms with Gasteiger partial charge in [0, 0.05) is 47.3 Å². The molecule has 0 bridgehead atoms. The van der Waals surface area contributed by atoms with Crippen molar-refractivity contribution in [1.82, 2.24) is 19.9 Å². The van der Waals surface area contributed by atoms with Crippen LogP contribution in [0.4, 0.5) is 11.4 Å². The number of rotatable bonds is 4. The molecule has 0 saturated heterocycles. The summed E-state index contributed by atoms with van der Waals surface area (Å²) in [6.07, 6.45) is 6.42. The van der Waals surface area contributed by atoms with E-state index in [0.717, 1.165) is 11.0 Å². The van der Waals surface area contributed by atoms with E-state index in [1.54, 1.807) is 85.5 Å². The first-order valence-corrected chi connectivity index (χ1v) is 9.80. The molecule has 0 spiro atoms. The number of nitrogens with one attached hydrogen (secondary N) is 2. The first-order chi connectivity index (χ1) is 15.7. The molecule has 3 aromatic carbocycles. The van der Waals surface area contributed by atoms with Crippen LogP contribution in [0.5, 0.6) is 0 Å². The van der Waals surface area contributed by atoms with Gasteiger partial charge in [-0.05, 0) is 54.6 Å². The SMILES string of the molecule is O=C(Nc1ccc2nccnc2c1)c1cccc(C(=O)Nc2ccc3nccnc3c2)c1. The predicted molar refractivity (Wildman–Crippen MR) is 121 cm³/mol. The highest BCUT2D eigenvalue weighted by atomic mass is 16.2. The molecule has 2 aromatic heterocycles. The molecule has 2 heterocycles. The van der Waals surface area contributed by atoms with Crippen LogP contribution in [0.15, 0.2) is 85.5 Å². The highest BCUT2D eigenvalue weighted by molar-refractivity contribution is 6.09. The van der Waals surface area contributed by atoms with Crippen molar-refractivity contribution in [3.63, 3.8) is 0 Å². The molecule has 0 saturated carbocycles. The summed E-state index contributed by atoms with van der Waals surface area (Å²) in [5, 5.41) is 5.67. The minimum atomic E-state index is -0.330. The zero-order valence-corrected chi connectivity index (χ0v) is 16.7. The molecule has 0 atom stereocenters. The third-order valence-electron chi connectivity index (χ3n) is 4.84. The number of hydrogen-bond donors (Lipinski definition) is 2. The lowest BCUT2D eigenvalue weighted by Crippen LogP contribution is -2.15. The van der Waals surface area contributed by atoms with E-state index in [4.69, 9.17) is 0 Å². The monoisotopic (exact) mass is 420 g/mol. The normalized spacial score (nSPS) is 10.8. The minimum Gasteiger partial charge on any atom is -0.322 e. The smallest absolute Gasteiger partial charge is 0.255 e. The van der Waals surface area contributed by atoms with Crippen molar-refractivity contribution in [3.8, 4) is 0 Å². The highest BCUT2D eigenvalue weighted by Crippen LogP contribution is 2.18. The number of amides is 2. The molecule has 5 rings (SSSR count). The van der Waals surface area contributed by atoms with Gasteiger partial charge in [-0.3, -0.25) is 29.5 Å². The van der Waals surface area contributed by atoms with E-state index in [1.807, 2.05) is 0 Å². The van der Waals surface area contributed by atoms with E-state index in [9.17, 15) is 9.59 Å². The molecular weight excluding hydrogens is 404 g/mol. The van der Waals surface area contributed by atoms with Crippen LogP contribution in [0.2, 0.25) is 0 Å². The van der Waals surface area contributed by atoms with Gasteiger partial charge in [0.05, 0.1) is 22.1 Å². The van der Waals surface area contributed by atoms with E-state index in [-0.39, 0.29) is 11.8 Å². The first kappa shape index (κ1) is 19.3. The zero-order valence-electron chi connectivity index (χ0n) is 16.7. The van der Waals surface area contributed by atoms with Crippen molar-refractivity contribution in [1.29, 1.82) is 0 Å². The van der Waals surface area contributed by atoms with Crippen LogP contribution < -0.4 is 10.6 Å². The van der Waals surface area contributed by atoms with Crippen LogP contribution >= 0.6 is 0 Å². The Labute approximate surface area is 182 Å². The maximum Gasteiger partial charge on any atom is 0.255 e. The maximum atomic E-state index is 12.7. The average molecular weight is 420 g/mol. The zero-order chi connectivity index (χ0) is 21.9. The molecule has 0 aliphatic rings. The first-order valence-electron chi connectivity index (χ1n) is 9.80. The van der Waals surface area contributed by atoms with Gasteiger partial charge in [0.25, 0.3) is 11.8 Å². The molecule has 154 valence electrons. The molecule has 2 amide bonds. The second-order valence-electron chi connectivity index (χ2n) is 7.01. The van der Waals surface area contributed by atoms with Gasteiger partial charge in [-0.1, -0.05) is 6.07 Å². The highest BCUT2D eigenvalue weighted by Gasteiger charge is 2.12. The summed E-state index contributed by atoms with van der Waals surface area (Å²) < 4.78 is 0. The molecule has 8 nitrogen and oxygen atoms in total. The Morgan fingerprint density at radius 2 is 0.969 bits per heavy atom. The van der Waals surface area contributed by atoms with E-state index < -0.39 is 0 Å². The maximum absolute atomic E-state index is 12.7. The second kappa shape index (κ2) is 8.19. The Hall–Kier alpha value is -4.72. The van der Waals surface area contributed by atoms with E-state index in [2.05, 4.69) is 30.6 Å². The Balaban J connectivity index is 1.33. The summed E-state index contributed by atoms with van der Waals surface area (Å²) in [4.78, 5) is 42.4. The van der Waals surface area contributed by atoms with E-state index in [1.165, 1.54) is 0 Å². The molecule has 0 radical (unpaired) electrons. The number of fused-ring (bicyclic) bond motifs is 2. The van der Waals surface area contributed by atoms with Crippen LogP contribution in [0.25, 0.3) is 22.1 Å². The van der Waals surface area contributed by atoms with Gasteiger partial charge in [0.15, 0.2) is 0 Å². The lowest BCUT2D eigenvalue weighted by atomic mass is 10.1. The van der Waals surface area contributed by atoms with Gasteiger partial charge < -0.3 is 10.6 Å². The Bertz CT molecular complexity index is 1380. The minimum absolute atomic E-state index is 0.330. The van der Waals surface area contributed by atoms with Crippen molar-refractivity contribution in [2.45, 2.75) is 0 Å². The Morgan fingerprint density at radius 3 is 1.44 bits per heavy atom. The van der Waals surface area contributed by atoms with Crippen molar-refractivity contribution in [2.75, 3.05) is 10.6 Å². The van der Waals surface area contributed by atoms with Gasteiger partial charge in [-0.15, -0.1) is 0 Å². The molecular formula is C24H16N6O2. The van der Waals surface area contributed by atoms with Crippen molar-refractivity contribution in [2.24, 2.45) is 0 Å². The second-order valence-corrected chi connectivity index (χ2v) is 7.01. The molecule has 5 aromatic rings. The molecule has 0 fully saturated rings. The number of aromatic nitrogens is 4. The Morgan fingerprint density at radius 1 is 0.531 bits per heavy atom. The van der Waals surface area contributed by atoms with E-state index >= 15 is 0 Å². The van der Waals surface area contributed by atoms with Gasteiger partial charge in [-0.2, -0.15) is 0 Å². The number of nitrogens with zero attached hydrogens (tertiary/aromatic N) is 4. The fourth-order valence-electron chi connectivity index (χ4n) is 3.29. The molecule has 0 aliphatic heterocycles. The fraction of sp³-hybridized carbons (Fsp3) is 0. The van der Waals surface area contributed by atoms with Crippen LogP contribution in [0.1, 0.15) is 20.7 Å². The quantitative estimate of drug-likeness (QED) is 0.453. The average Bonchev–Trinajstić information content (AvgIpc) is 2.84.